The number of aryl methyl sites for hydroxylation is 2. The summed E-state index contributed by atoms with van der Waals surface area (Å²) in [5.41, 5.74) is 1.99. The van der Waals surface area contributed by atoms with Gasteiger partial charge in [-0.2, -0.15) is 0 Å². The molecule has 0 spiro atoms. The van der Waals surface area contributed by atoms with Crippen LogP contribution in [-0.2, 0) is 0 Å². The Balaban J connectivity index is 0.000000671. The van der Waals surface area contributed by atoms with Gasteiger partial charge in [-0.05, 0) is 37.1 Å². The van der Waals surface area contributed by atoms with Crippen LogP contribution in [0.1, 0.15) is 25.0 Å². The van der Waals surface area contributed by atoms with Crippen molar-refractivity contribution in [3.05, 3.63) is 29.1 Å². The van der Waals surface area contributed by atoms with Gasteiger partial charge < -0.3 is 4.74 Å². The Bertz CT molecular complexity index is 269. The maximum absolute atomic E-state index is 12.9. The summed E-state index contributed by atoms with van der Waals surface area (Å²) in [5.74, 6) is 0.0173. The largest absolute Gasteiger partial charge is 0.494 e. The molecule has 74 valence electrons. The van der Waals surface area contributed by atoms with Crippen molar-refractivity contribution in [2.75, 3.05) is 7.11 Å². The van der Waals surface area contributed by atoms with E-state index >= 15 is 0 Å². The highest BCUT2D eigenvalue weighted by Gasteiger charge is 2.03. The van der Waals surface area contributed by atoms with Gasteiger partial charge in [-0.3, -0.25) is 0 Å². The molecule has 0 radical (unpaired) electrons. The zero-order chi connectivity index (χ0) is 10.4. The number of hydrogen-bond acceptors (Lipinski definition) is 1. The molecule has 0 saturated heterocycles. The van der Waals surface area contributed by atoms with Gasteiger partial charge >= 0.3 is 0 Å². The van der Waals surface area contributed by atoms with Gasteiger partial charge in [0, 0.05) is 0 Å². The van der Waals surface area contributed by atoms with Crippen molar-refractivity contribution in [2.24, 2.45) is 0 Å². The van der Waals surface area contributed by atoms with Crippen LogP contribution in [0.25, 0.3) is 0 Å². The van der Waals surface area contributed by atoms with Gasteiger partial charge in [-0.15, -0.1) is 0 Å². The molecular formula is C11H17FO. The van der Waals surface area contributed by atoms with E-state index in [1.165, 1.54) is 13.2 Å². The summed E-state index contributed by atoms with van der Waals surface area (Å²) in [4.78, 5) is 0. The number of rotatable bonds is 1. The molecule has 0 atom stereocenters. The molecule has 0 unspecified atom stereocenters. The number of halogens is 1. The minimum atomic E-state index is -0.296. The zero-order valence-electron chi connectivity index (χ0n) is 8.94. The molecule has 0 saturated carbocycles. The first-order valence-corrected chi connectivity index (χ1v) is 4.46. The molecule has 0 N–H and O–H groups in total. The van der Waals surface area contributed by atoms with Crippen molar-refractivity contribution in [1.29, 1.82) is 0 Å². The number of benzene rings is 1. The summed E-state index contributed by atoms with van der Waals surface area (Å²) in [6, 6.07) is 3.18. The van der Waals surface area contributed by atoms with Crippen molar-refractivity contribution in [3.8, 4) is 5.75 Å². The van der Waals surface area contributed by atoms with Crippen LogP contribution in [0.4, 0.5) is 4.39 Å². The molecule has 2 heteroatoms. The van der Waals surface area contributed by atoms with E-state index in [1.807, 2.05) is 27.7 Å². The lowest BCUT2D eigenvalue weighted by Crippen LogP contribution is -1.90. The molecule has 0 aliphatic carbocycles. The smallest absolute Gasteiger partial charge is 0.165 e. The third-order valence-corrected chi connectivity index (χ3v) is 1.77. The second-order valence-electron chi connectivity index (χ2n) is 2.57. The number of hydrogen-bond donors (Lipinski definition) is 0. The van der Waals surface area contributed by atoms with E-state index in [4.69, 9.17) is 4.74 Å². The Morgan fingerprint density at radius 2 is 1.54 bits per heavy atom. The molecule has 0 fully saturated rings. The average molecular weight is 184 g/mol. The highest BCUT2D eigenvalue weighted by molar-refractivity contribution is 5.35. The average Bonchev–Trinajstić information content (AvgIpc) is 2.15. The first kappa shape index (κ1) is 11.9. The highest BCUT2D eigenvalue weighted by Crippen LogP contribution is 2.20. The van der Waals surface area contributed by atoms with Crippen molar-refractivity contribution in [1.82, 2.24) is 0 Å². The Kier molecular flexibility index (Phi) is 5.12. The van der Waals surface area contributed by atoms with Crippen LogP contribution >= 0.6 is 0 Å². The van der Waals surface area contributed by atoms with E-state index in [0.29, 0.717) is 5.75 Å². The molecule has 0 amide bonds. The number of ether oxygens (including phenoxy) is 1. The molecule has 1 aromatic carbocycles. The summed E-state index contributed by atoms with van der Waals surface area (Å²) in [7, 11) is 1.47. The lowest BCUT2D eigenvalue weighted by Gasteiger charge is -2.04. The predicted molar refractivity (Wildman–Crippen MR) is 53.8 cm³/mol. The van der Waals surface area contributed by atoms with Crippen LogP contribution in [0.15, 0.2) is 12.1 Å². The van der Waals surface area contributed by atoms with Crippen LogP contribution in [0, 0.1) is 19.7 Å². The van der Waals surface area contributed by atoms with E-state index in [-0.39, 0.29) is 5.82 Å². The highest BCUT2D eigenvalue weighted by atomic mass is 19.1. The monoisotopic (exact) mass is 184 g/mol. The molecule has 0 aliphatic rings. The molecule has 0 heterocycles. The second kappa shape index (κ2) is 5.57. The third-order valence-electron chi connectivity index (χ3n) is 1.77. The fraction of sp³-hybridized carbons (Fsp3) is 0.455. The quantitative estimate of drug-likeness (QED) is 0.649. The van der Waals surface area contributed by atoms with Gasteiger partial charge in [0.05, 0.1) is 7.11 Å². The predicted octanol–water partition coefficient (Wildman–Crippen LogP) is 3.48. The molecule has 0 bridgehead atoms. The van der Waals surface area contributed by atoms with E-state index in [9.17, 15) is 4.39 Å². The molecule has 0 aromatic heterocycles. The first-order valence-electron chi connectivity index (χ1n) is 4.46. The molecular weight excluding hydrogens is 167 g/mol. The van der Waals surface area contributed by atoms with Gasteiger partial charge in [-0.25, -0.2) is 4.39 Å². The summed E-state index contributed by atoms with van der Waals surface area (Å²) in [5, 5.41) is 0. The van der Waals surface area contributed by atoms with Crippen LogP contribution in [-0.4, -0.2) is 7.11 Å². The SMILES string of the molecule is CC.COc1cc(C)c(C)cc1F. The standard InChI is InChI=1S/C9H11FO.C2H6/c1-6-4-8(10)9(11-3)5-7(6)2;1-2/h4-5H,1-3H3;1-2H3. The normalized spacial score (nSPS) is 8.77. The maximum atomic E-state index is 12.9. The Morgan fingerprint density at radius 1 is 1.08 bits per heavy atom. The van der Waals surface area contributed by atoms with E-state index in [2.05, 4.69) is 0 Å². The zero-order valence-corrected chi connectivity index (χ0v) is 8.94. The van der Waals surface area contributed by atoms with Crippen molar-refractivity contribution in [3.63, 3.8) is 0 Å². The Labute approximate surface area is 79.5 Å². The summed E-state index contributed by atoms with van der Waals surface area (Å²) < 4.78 is 17.7. The summed E-state index contributed by atoms with van der Waals surface area (Å²) in [6.45, 7) is 7.80. The number of methoxy groups -OCH3 is 1. The van der Waals surface area contributed by atoms with Gasteiger partial charge in [-0.1, -0.05) is 13.8 Å². The van der Waals surface area contributed by atoms with E-state index < -0.39 is 0 Å². The van der Waals surface area contributed by atoms with Crippen LogP contribution in [0.5, 0.6) is 5.75 Å². The second-order valence-corrected chi connectivity index (χ2v) is 2.57. The van der Waals surface area contributed by atoms with Gasteiger partial charge in [0.2, 0.25) is 0 Å². The Hall–Kier alpha value is -1.05. The lowest BCUT2D eigenvalue weighted by atomic mass is 10.1. The molecule has 1 nitrogen and oxygen atoms in total. The summed E-state index contributed by atoms with van der Waals surface area (Å²) >= 11 is 0. The van der Waals surface area contributed by atoms with Crippen molar-refractivity contribution in [2.45, 2.75) is 27.7 Å². The van der Waals surface area contributed by atoms with E-state index in [0.717, 1.165) is 11.1 Å². The minimum Gasteiger partial charge on any atom is -0.494 e. The fourth-order valence-electron chi connectivity index (χ4n) is 0.911. The van der Waals surface area contributed by atoms with Crippen LogP contribution < -0.4 is 4.74 Å². The minimum absolute atomic E-state index is 0.296. The van der Waals surface area contributed by atoms with Crippen molar-refractivity contribution < 1.29 is 9.13 Å². The summed E-state index contributed by atoms with van der Waals surface area (Å²) in [6.07, 6.45) is 0. The van der Waals surface area contributed by atoms with Crippen LogP contribution in [0.3, 0.4) is 0 Å². The van der Waals surface area contributed by atoms with E-state index in [1.54, 1.807) is 6.07 Å². The van der Waals surface area contributed by atoms with Crippen molar-refractivity contribution >= 4 is 0 Å². The lowest BCUT2D eigenvalue weighted by molar-refractivity contribution is 0.386. The van der Waals surface area contributed by atoms with Gasteiger partial charge in [0.1, 0.15) is 0 Å². The maximum Gasteiger partial charge on any atom is 0.165 e. The Morgan fingerprint density at radius 3 is 2.00 bits per heavy atom. The molecule has 0 aliphatic heterocycles. The third kappa shape index (κ3) is 3.05. The molecule has 1 rings (SSSR count). The van der Waals surface area contributed by atoms with Gasteiger partial charge in [0.25, 0.3) is 0 Å². The molecule has 1 aromatic rings. The van der Waals surface area contributed by atoms with Crippen LogP contribution in [0.2, 0.25) is 0 Å². The fourth-order valence-corrected chi connectivity index (χ4v) is 0.911. The molecule has 13 heavy (non-hydrogen) atoms. The topological polar surface area (TPSA) is 9.23 Å². The van der Waals surface area contributed by atoms with Gasteiger partial charge in [0.15, 0.2) is 11.6 Å². The first-order chi connectivity index (χ1) is 6.15.